The van der Waals surface area contributed by atoms with Crippen LogP contribution in [0.5, 0.6) is 5.75 Å². The molecular weight excluding hydrogens is 322 g/mol. The van der Waals surface area contributed by atoms with Crippen LogP contribution in [0.4, 0.5) is 0 Å². The van der Waals surface area contributed by atoms with Crippen molar-refractivity contribution < 1.29 is 9.53 Å². The molecule has 1 N–H and O–H groups in total. The van der Waals surface area contributed by atoms with Gasteiger partial charge in [-0.05, 0) is 67.0 Å². The summed E-state index contributed by atoms with van der Waals surface area (Å²) in [4.78, 5) is 12.3. The van der Waals surface area contributed by atoms with Crippen LogP contribution in [0.1, 0.15) is 61.6 Å². The van der Waals surface area contributed by atoms with Crippen molar-refractivity contribution in [2.75, 3.05) is 6.61 Å². The molecule has 0 unspecified atom stereocenters. The number of aryl methyl sites for hydroxylation is 2. The molecule has 0 bridgehead atoms. The lowest BCUT2D eigenvalue weighted by molar-refractivity contribution is -0.123. The summed E-state index contributed by atoms with van der Waals surface area (Å²) in [6.07, 6.45) is 0. The minimum absolute atomic E-state index is 0.0220. The van der Waals surface area contributed by atoms with Crippen molar-refractivity contribution in [3.05, 3.63) is 64.2 Å². The fraction of sp³-hybridized carbons (Fsp3) is 0.435. The van der Waals surface area contributed by atoms with Crippen LogP contribution in [0.15, 0.2) is 36.4 Å². The van der Waals surface area contributed by atoms with Crippen molar-refractivity contribution in [2.24, 2.45) is 0 Å². The van der Waals surface area contributed by atoms with E-state index in [0.717, 1.165) is 22.4 Å². The first-order valence-electron chi connectivity index (χ1n) is 9.18. The molecule has 0 spiro atoms. The van der Waals surface area contributed by atoms with Crippen LogP contribution >= 0.6 is 0 Å². The monoisotopic (exact) mass is 353 g/mol. The molecule has 0 radical (unpaired) electrons. The van der Waals surface area contributed by atoms with Gasteiger partial charge < -0.3 is 10.1 Å². The molecule has 0 fully saturated rings. The Morgan fingerprint density at radius 3 is 2.27 bits per heavy atom. The summed E-state index contributed by atoms with van der Waals surface area (Å²) in [6.45, 7) is 14.7. The third-order valence-corrected chi connectivity index (χ3v) is 4.78. The van der Waals surface area contributed by atoms with Crippen molar-refractivity contribution >= 4 is 5.91 Å². The molecule has 0 heterocycles. The Bertz CT molecular complexity index is 770. The molecule has 3 heteroatoms. The second-order valence-electron chi connectivity index (χ2n) is 8.15. The Morgan fingerprint density at radius 1 is 1.08 bits per heavy atom. The number of nitrogens with one attached hydrogen (secondary N) is 1. The van der Waals surface area contributed by atoms with Crippen LogP contribution in [0.3, 0.4) is 0 Å². The summed E-state index contributed by atoms with van der Waals surface area (Å²) >= 11 is 0. The van der Waals surface area contributed by atoms with E-state index in [1.807, 2.05) is 26.8 Å². The molecule has 1 atom stereocenters. The maximum absolute atomic E-state index is 12.3. The van der Waals surface area contributed by atoms with Gasteiger partial charge in [0.1, 0.15) is 5.75 Å². The van der Waals surface area contributed by atoms with Crippen LogP contribution in [0.2, 0.25) is 0 Å². The first kappa shape index (κ1) is 20.0. The molecule has 26 heavy (non-hydrogen) atoms. The Hall–Kier alpha value is -2.29. The predicted octanol–water partition coefficient (Wildman–Crippen LogP) is 5.17. The quantitative estimate of drug-likeness (QED) is 0.806. The number of carbonyl (C=O) groups is 1. The number of hydrogen-bond acceptors (Lipinski definition) is 2. The Morgan fingerprint density at radius 2 is 1.69 bits per heavy atom. The summed E-state index contributed by atoms with van der Waals surface area (Å²) in [6, 6.07) is 12.5. The van der Waals surface area contributed by atoms with E-state index in [9.17, 15) is 4.79 Å². The predicted molar refractivity (Wildman–Crippen MR) is 108 cm³/mol. The van der Waals surface area contributed by atoms with E-state index in [1.165, 1.54) is 11.1 Å². The topological polar surface area (TPSA) is 38.3 Å². The third-order valence-electron chi connectivity index (χ3n) is 4.78. The van der Waals surface area contributed by atoms with Gasteiger partial charge in [-0.3, -0.25) is 4.79 Å². The summed E-state index contributed by atoms with van der Waals surface area (Å²) < 4.78 is 5.75. The molecule has 3 nitrogen and oxygen atoms in total. The van der Waals surface area contributed by atoms with E-state index in [2.05, 4.69) is 63.3 Å². The maximum Gasteiger partial charge on any atom is 0.258 e. The van der Waals surface area contributed by atoms with Crippen molar-refractivity contribution in [3.63, 3.8) is 0 Å². The minimum Gasteiger partial charge on any atom is -0.483 e. The van der Waals surface area contributed by atoms with Gasteiger partial charge in [0.05, 0.1) is 6.04 Å². The number of amides is 1. The molecule has 0 aliphatic rings. The summed E-state index contributed by atoms with van der Waals surface area (Å²) in [5.74, 6) is 0.663. The highest BCUT2D eigenvalue weighted by Gasteiger charge is 2.15. The second kappa shape index (κ2) is 7.94. The van der Waals surface area contributed by atoms with Crippen molar-refractivity contribution in [1.82, 2.24) is 5.32 Å². The molecule has 0 saturated carbocycles. The zero-order valence-electron chi connectivity index (χ0n) is 17.1. The standard InChI is InChI=1S/C23H31NO2/c1-15-12-16(2)17(3)21(13-15)26-14-22(25)24-18(4)19-8-10-20(11-9-19)23(5,6)7/h8-13,18H,14H2,1-7H3,(H,24,25)/t18-/m0/s1. The summed E-state index contributed by atoms with van der Waals surface area (Å²) in [7, 11) is 0. The summed E-state index contributed by atoms with van der Waals surface area (Å²) in [5, 5.41) is 3.01. The Balaban J connectivity index is 1.95. The SMILES string of the molecule is Cc1cc(C)c(C)c(OCC(=O)N[C@@H](C)c2ccc(C(C)(C)C)cc2)c1. The second-order valence-corrected chi connectivity index (χ2v) is 8.15. The number of benzene rings is 2. The van der Waals surface area contributed by atoms with E-state index < -0.39 is 0 Å². The molecule has 140 valence electrons. The highest BCUT2D eigenvalue weighted by Crippen LogP contribution is 2.25. The number of ether oxygens (including phenoxy) is 1. The summed E-state index contributed by atoms with van der Waals surface area (Å²) in [5.41, 5.74) is 5.89. The van der Waals surface area contributed by atoms with E-state index in [4.69, 9.17) is 4.74 Å². The first-order valence-corrected chi connectivity index (χ1v) is 9.18. The Kier molecular flexibility index (Phi) is 6.12. The number of carbonyl (C=O) groups excluding carboxylic acids is 1. The lowest BCUT2D eigenvalue weighted by atomic mass is 9.86. The lowest BCUT2D eigenvalue weighted by Crippen LogP contribution is -2.31. The molecule has 1 amide bonds. The van der Waals surface area contributed by atoms with Crippen molar-refractivity contribution in [1.29, 1.82) is 0 Å². The van der Waals surface area contributed by atoms with Crippen molar-refractivity contribution in [3.8, 4) is 5.75 Å². The largest absolute Gasteiger partial charge is 0.483 e. The molecule has 0 saturated heterocycles. The van der Waals surface area contributed by atoms with Gasteiger partial charge >= 0.3 is 0 Å². The van der Waals surface area contributed by atoms with Crippen LogP contribution in [-0.2, 0) is 10.2 Å². The van der Waals surface area contributed by atoms with Gasteiger partial charge in [-0.2, -0.15) is 0 Å². The fourth-order valence-electron chi connectivity index (χ4n) is 2.93. The molecule has 0 aliphatic carbocycles. The van der Waals surface area contributed by atoms with Gasteiger partial charge in [0.25, 0.3) is 5.91 Å². The molecule has 0 aliphatic heterocycles. The van der Waals surface area contributed by atoms with Gasteiger partial charge in [-0.25, -0.2) is 0 Å². The van der Waals surface area contributed by atoms with E-state index in [0.29, 0.717) is 0 Å². The Labute approximate surface area is 157 Å². The fourth-order valence-corrected chi connectivity index (χ4v) is 2.93. The van der Waals surface area contributed by atoms with Crippen LogP contribution in [0.25, 0.3) is 0 Å². The number of hydrogen-bond donors (Lipinski definition) is 1. The molecule has 0 aromatic heterocycles. The van der Waals surface area contributed by atoms with E-state index >= 15 is 0 Å². The molecule has 2 rings (SSSR count). The van der Waals surface area contributed by atoms with E-state index in [1.54, 1.807) is 0 Å². The van der Waals surface area contributed by atoms with Crippen molar-refractivity contribution in [2.45, 2.75) is 59.9 Å². The van der Waals surface area contributed by atoms with E-state index in [-0.39, 0.29) is 24.0 Å². The lowest BCUT2D eigenvalue weighted by Gasteiger charge is -2.21. The normalized spacial score (nSPS) is 12.6. The molecule has 2 aromatic rings. The first-order chi connectivity index (χ1) is 12.1. The molecule has 2 aromatic carbocycles. The zero-order chi connectivity index (χ0) is 19.5. The average Bonchev–Trinajstić information content (AvgIpc) is 2.56. The van der Waals surface area contributed by atoms with Gasteiger partial charge in [0.2, 0.25) is 0 Å². The molecular formula is C23H31NO2. The zero-order valence-corrected chi connectivity index (χ0v) is 17.1. The minimum atomic E-state index is -0.115. The highest BCUT2D eigenvalue weighted by molar-refractivity contribution is 5.78. The van der Waals surface area contributed by atoms with Gasteiger partial charge in [-0.15, -0.1) is 0 Å². The average molecular weight is 354 g/mol. The van der Waals surface area contributed by atoms with Gasteiger partial charge in [0.15, 0.2) is 6.61 Å². The van der Waals surface area contributed by atoms with Gasteiger partial charge in [-0.1, -0.05) is 51.1 Å². The van der Waals surface area contributed by atoms with Crippen LogP contribution in [0, 0.1) is 20.8 Å². The van der Waals surface area contributed by atoms with Crippen LogP contribution < -0.4 is 10.1 Å². The van der Waals surface area contributed by atoms with Gasteiger partial charge in [0, 0.05) is 0 Å². The number of rotatable bonds is 5. The van der Waals surface area contributed by atoms with Crippen LogP contribution in [-0.4, -0.2) is 12.5 Å². The maximum atomic E-state index is 12.3. The smallest absolute Gasteiger partial charge is 0.258 e. The third kappa shape index (κ3) is 5.10. The highest BCUT2D eigenvalue weighted by atomic mass is 16.5.